The summed E-state index contributed by atoms with van der Waals surface area (Å²) in [6.07, 6.45) is 9.73. The number of benzene rings is 1. The van der Waals surface area contributed by atoms with Gasteiger partial charge in [0.05, 0.1) is 24.1 Å². The molecule has 0 unspecified atom stereocenters. The Labute approximate surface area is 163 Å². The molecule has 1 N–H and O–H groups in total. The van der Waals surface area contributed by atoms with Crippen molar-refractivity contribution in [2.24, 2.45) is 0 Å². The molecule has 0 bridgehead atoms. The molecule has 140 valence electrons. The van der Waals surface area contributed by atoms with Crippen LogP contribution in [0.4, 0.5) is 0 Å². The van der Waals surface area contributed by atoms with E-state index in [9.17, 15) is 0 Å². The van der Waals surface area contributed by atoms with Crippen molar-refractivity contribution in [3.63, 3.8) is 0 Å². The zero-order valence-corrected chi connectivity index (χ0v) is 15.5. The summed E-state index contributed by atoms with van der Waals surface area (Å²) < 4.78 is 7.52. The number of nitrogens with zero attached hydrogens (tertiary/aromatic N) is 4. The highest BCUT2D eigenvalue weighted by molar-refractivity contribution is 5.68. The molecule has 6 heteroatoms. The third kappa shape index (κ3) is 3.34. The van der Waals surface area contributed by atoms with E-state index in [0.717, 1.165) is 60.0 Å². The van der Waals surface area contributed by atoms with Crippen LogP contribution in [0.5, 0.6) is 0 Å². The standard InChI is InChI=1S/C22H21N5O/c1-2-4-16(5-3-1)21-14-24-22(26-21)20-12-17(6-9-23-20)18-13-25-27(15-18)19-7-10-28-11-8-19/h1-6,9,12-15,19H,7-8,10-11H2,(H,24,26). The number of hydrogen-bond acceptors (Lipinski definition) is 4. The van der Waals surface area contributed by atoms with Crippen LogP contribution in [0.15, 0.2) is 67.3 Å². The summed E-state index contributed by atoms with van der Waals surface area (Å²) in [5, 5.41) is 4.58. The lowest BCUT2D eigenvalue weighted by Gasteiger charge is -2.22. The normalized spacial score (nSPS) is 15.0. The fraction of sp³-hybridized carbons (Fsp3) is 0.227. The number of ether oxygens (including phenoxy) is 1. The Morgan fingerprint density at radius 2 is 1.79 bits per heavy atom. The largest absolute Gasteiger partial charge is 0.381 e. The van der Waals surface area contributed by atoms with Gasteiger partial charge in [-0.15, -0.1) is 0 Å². The van der Waals surface area contributed by atoms with Crippen LogP contribution in [0.1, 0.15) is 18.9 Å². The maximum absolute atomic E-state index is 5.45. The molecule has 1 aliphatic rings. The van der Waals surface area contributed by atoms with E-state index in [1.807, 2.05) is 42.9 Å². The van der Waals surface area contributed by atoms with E-state index < -0.39 is 0 Å². The van der Waals surface area contributed by atoms with E-state index in [4.69, 9.17) is 4.74 Å². The number of imidazole rings is 1. The Bertz CT molecular complexity index is 1060. The number of pyridine rings is 1. The molecule has 0 spiro atoms. The monoisotopic (exact) mass is 371 g/mol. The molecule has 1 aliphatic heterocycles. The second-order valence-corrected chi connectivity index (χ2v) is 6.99. The van der Waals surface area contributed by atoms with Gasteiger partial charge in [-0.1, -0.05) is 30.3 Å². The van der Waals surface area contributed by atoms with Gasteiger partial charge in [0.15, 0.2) is 5.82 Å². The van der Waals surface area contributed by atoms with Crippen molar-refractivity contribution in [3.05, 3.63) is 67.3 Å². The van der Waals surface area contributed by atoms with Crippen molar-refractivity contribution in [3.8, 4) is 33.9 Å². The molecule has 1 saturated heterocycles. The summed E-state index contributed by atoms with van der Waals surface area (Å²) in [5.41, 5.74) is 5.08. The highest BCUT2D eigenvalue weighted by Gasteiger charge is 2.17. The maximum Gasteiger partial charge on any atom is 0.156 e. The lowest BCUT2D eigenvalue weighted by molar-refractivity contribution is 0.0662. The Hall–Kier alpha value is -3.25. The molecule has 0 radical (unpaired) electrons. The quantitative estimate of drug-likeness (QED) is 0.579. The molecule has 1 aromatic carbocycles. The molecule has 1 fully saturated rings. The van der Waals surface area contributed by atoms with Gasteiger partial charge in [0.1, 0.15) is 5.69 Å². The Morgan fingerprint density at radius 1 is 0.929 bits per heavy atom. The van der Waals surface area contributed by atoms with Crippen molar-refractivity contribution in [2.75, 3.05) is 13.2 Å². The number of rotatable bonds is 4. The SMILES string of the molecule is c1ccc(-c2cnc(-c3cc(-c4cnn(C5CCOCC5)c4)ccn3)[nH]2)cc1. The van der Waals surface area contributed by atoms with E-state index in [0.29, 0.717) is 6.04 Å². The molecular formula is C22H21N5O. The first-order chi connectivity index (χ1) is 13.9. The highest BCUT2D eigenvalue weighted by atomic mass is 16.5. The predicted molar refractivity (Wildman–Crippen MR) is 108 cm³/mol. The van der Waals surface area contributed by atoms with Gasteiger partial charge >= 0.3 is 0 Å². The Morgan fingerprint density at radius 3 is 2.64 bits per heavy atom. The van der Waals surface area contributed by atoms with Crippen LogP contribution in [0.3, 0.4) is 0 Å². The number of H-pyrrole nitrogens is 1. The fourth-order valence-corrected chi connectivity index (χ4v) is 3.59. The third-order valence-corrected chi connectivity index (χ3v) is 5.16. The Balaban J connectivity index is 1.41. The molecule has 5 rings (SSSR count). The number of hydrogen-bond donors (Lipinski definition) is 1. The average Bonchev–Trinajstić information content (AvgIpc) is 3.46. The highest BCUT2D eigenvalue weighted by Crippen LogP contribution is 2.27. The van der Waals surface area contributed by atoms with Crippen molar-refractivity contribution >= 4 is 0 Å². The van der Waals surface area contributed by atoms with E-state index in [2.05, 4.69) is 49.1 Å². The summed E-state index contributed by atoms with van der Waals surface area (Å²) in [4.78, 5) is 12.4. The van der Waals surface area contributed by atoms with Crippen LogP contribution in [0.2, 0.25) is 0 Å². The minimum atomic E-state index is 0.419. The molecule has 0 atom stereocenters. The predicted octanol–water partition coefficient (Wildman–Crippen LogP) is 4.35. The molecule has 0 saturated carbocycles. The van der Waals surface area contributed by atoms with Crippen LogP contribution in [-0.4, -0.2) is 37.9 Å². The van der Waals surface area contributed by atoms with Crippen molar-refractivity contribution < 1.29 is 4.74 Å². The minimum Gasteiger partial charge on any atom is -0.381 e. The van der Waals surface area contributed by atoms with Crippen molar-refractivity contribution in [2.45, 2.75) is 18.9 Å². The van der Waals surface area contributed by atoms with Gasteiger partial charge in [0.25, 0.3) is 0 Å². The maximum atomic E-state index is 5.45. The minimum absolute atomic E-state index is 0.419. The fourth-order valence-electron chi connectivity index (χ4n) is 3.59. The lowest BCUT2D eigenvalue weighted by Crippen LogP contribution is -2.19. The third-order valence-electron chi connectivity index (χ3n) is 5.16. The molecule has 0 amide bonds. The average molecular weight is 371 g/mol. The summed E-state index contributed by atoms with van der Waals surface area (Å²) in [7, 11) is 0. The van der Waals surface area contributed by atoms with Crippen molar-refractivity contribution in [1.29, 1.82) is 0 Å². The first-order valence-corrected chi connectivity index (χ1v) is 9.56. The number of aromatic nitrogens is 5. The first kappa shape index (κ1) is 16.9. The molecule has 3 aromatic heterocycles. The second-order valence-electron chi connectivity index (χ2n) is 6.99. The zero-order valence-electron chi connectivity index (χ0n) is 15.5. The zero-order chi connectivity index (χ0) is 18.8. The van der Waals surface area contributed by atoms with Crippen LogP contribution in [0, 0.1) is 0 Å². The number of nitrogens with one attached hydrogen (secondary N) is 1. The second kappa shape index (κ2) is 7.40. The molecule has 28 heavy (non-hydrogen) atoms. The molecular weight excluding hydrogens is 350 g/mol. The van der Waals surface area contributed by atoms with Gasteiger partial charge in [0, 0.05) is 31.2 Å². The molecule has 6 nitrogen and oxygen atoms in total. The summed E-state index contributed by atoms with van der Waals surface area (Å²) in [6.45, 7) is 1.61. The van der Waals surface area contributed by atoms with E-state index in [-0.39, 0.29) is 0 Å². The van der Waals surface area contributed by atoms with Gasteiger partial charge in [-0.3, -0.25) is 9.67 Å². The summed E-state index contributed by atoms with van der Waals surface area (Å²) in [6, 6.07) is 14.6. The van der Waals surface area contributed by atoms with Crippen LogP contribution in [0.25, 0.3) is 33.9 Å². The number of aromatic amines is 1. The van der Waals surface area contributed by atoms with Gasteiger partial charge < -0.3 is 9.72 Å². The van der Waals surface area contributed by atoms with E-state index in [1.165, 1.54) is 0 Å². The topological polar surface area (TPSA) is 68.6 Å². The van der Waals surface area contributed by atoms with Gasteiger partial charge in [0.2, 0.25) is 0 Å². The van der Waals surface area contributed by atoms with Crippen LogP contribution >= 0.6 is 0 Å². The first-order valence-electron chi connectivity index (χ1n) is 9.56. The van der Waals surface area contributed by atoms with Crippen LogP contribution in [-0.2, 0) is 4.74 Å². The van der Waals surface area contributed by atoms with Gasteiger partial charge in [-0.25, -0.2) is 4.98 Å². The van der Waals surface area contributed by atoms with E-state index >= 15 is 0 Å². The van der Waals surface area contributed by atoms with E-state index in [1.54, 1.807) is 0 Å². The molecule has 4 aromatic rings. The molecule has 0 aliphatic carbocycles. The Kier molecular flexibility index (Phi) is 4.47. The summed E-state index contributed by atoms with van der Waals surface area (Å²) in [5.74, 6) is 0.762. The summed E-state index contributed by atoms with van der Waals surface area (Å²) >= 11 is 0. The van der Waals surface area contributed by atoms with Crippen molar-refractivity contribution in [1.82, 2.24) is 24.7 Å². The van der Waals surface area contributed by atoms with Crippen LogP contribution < -0.4 is 0 Å². The smallest absolute Gasteiger partial charge is 0.156 e. The van der Waals surface area contributed by atoms with Gasteiger partial charge in [-0.05, 0) is 36.1 Å². The van der Waals surface area contributed by atoms with Gasteiger partial charge in [-0.2, -0.15) is 5.10 Å². The lowest BCUT2D eigenvalue weighted by atomic mass is 10.1. The molecule has 4 heterocycles.